The normalized spacial score (nSPS) is 15.1. The molecule has 0 bridgehead atoms. The summed E-state index contributed by atoms with van der Waals surface area (Å²) in [5.74, 6) is -0.677. The number of hydrogen-bond donors (Lipinski definition) is 1. The monoisotopic (exact) mass is 492 g/mol. The van der Waals surface area contributed by atoms with E-state index in [-0.39, 0.29) is 42.4 Å². The van der Waals surface area contributed by atoms with Crippen molar-refractivity contribution >= 4 is 24.8 Å². The average Bonchev–Trinajstić information content (AvgIpc) is 2.63. The Hall–Kier alpha value is -1.88. The predicted octanol–water partition coefficient (Wildman–Crippen LogP) is 5.32. The van der Waals surface area contributed by atoms with Gasteiger partial charge < -0.3 is 14.8 Å². The molecule has 0 unspecified atom stereocenters. The average molecular weight is 493 g/mol. The number of piperazine rings is 1. The summed E-state index contributed by atoms with van der Waals surface area (Å²) in [5.41, 5.74) is 1.40. The largest absolute Gasteiger partial charge is 0.573 e. The van der Waals surface area contributed by atoms with Gasteiger partial charge in [-0.2, -0.15) is 0 Å². The summed E-state index contributed by atoms with van der Waals surface area (Å²) in [5, 5.41) is 3.21. The quantitative estimate of drug-likeness (QED) is 0.572. The summed E-state index contributed by atoms with van der Waals surface area (Å²) in [6.07, 6.45) is -9.57. The summed E-state index contributed by atoms with van der Waals surface area (Å²) in [7, 11) is 0. The molecule has 0 aliphatic carbocycles. The zero-order valence-electron chi connectivity index (χ0n) is 15.9. The highest BCUT2D eigenvalue weighted by molar-refractivity contribution is 5.85. The third kappa shape index (κ3) is 8.29. The van der Waals surface area contributed by atoms with Gasteiger partial charge in [0.2, 0.25) is 0 Å². The molecule has 174 valence electrons. The number of rotatable bonds is 5. The minimum atomic E-state index is -4.78. The van der Waals surface area contributed by atoms with Crippen LogP contribution in [-0.2, 0) is 0 Å². The Labute approximate surface area is 187 Å². The van der Waals surface area contributed by atoms with Crippen molar-refractivity contribution in [2.45, 2.75) is 18.8 Å². The molecular formula is C19H20Cl2F6N2O2. The van der Waals surface area contributed by atoms with Gasteiger partial charge in [0.15, 0.2) is 0 Å². The van der Waals surface area contributed by atoms with E-state index >= 15 is 0 Å². The molecule has 4 nitrogen and oxygen atoms in total. The number of benzene rings is 2. The van der Waals surface area contributed by atoms with Crippen molar-refractivity contribution < 1.29 is 35.8 Å². The summed E-state index contributed by atoms with van der Waals surface area (Å²) in [6, 6.07) is 10.6. The van der Waals surface area contributed by atoms with E-state index in [9.17, 15) is 26.3 Å². The maximum absolute atomic E-state index is 12.4. The van der Waals surface area contributed by atoms with Gasteiger partial charge in [0.1, 0.15) is 11.5 Å². The molecule has 1 N–H and O–H groups in total. The van der Waals surface area contributed by atoms with Crippen LogP contribution in [0.2, 0.25) is 0 Å². The molecule has 0 atom stereocenters. The van der Waals surface area contributed by atoms with Crippen LogP contribution in [0.25, 0.3) is 0 Å². The molecule has 0 saturated carbocycles. The fourth-order valence-corrected chi connectivity index (χ4v) is 3.26. The molecule has 0 aromatic heterocycles. The number of nitrogens with one attached hydrogen (secondary N) is 1. The minimum absolute atomic E-state index is 0. The van der Waals surface area contributed by atoms with E-state index in [4.69, 9.17) is 0 Å². The highest BCUT2D eigenvalue weighted by Gasteiger charge is 2.32. The van der Waals surface area contributed by atoms with Gasteiger partial charge in [-0.05, 0) is 35.4 Å². The summed E-state index contributed by atoms with van der Waals surface area (Å²) < 4.78 is 82.1. The lowest BCUT2D eigenvalue weighted by Gasteiger charge is -2.35. The fourth-order valence-electron chi connectivity index (χ4n) is 3.26. The highest BCUT2D eigenvalue weighted by Crippen LogP contribution is 2.33. The molecule has 3 rings (SSSR count). The predicted molar refractivity (Wildman–Crippen MR) is 107 cm³/mol. The number of alkyl halides is 6. The number of nitrogens with zero attached hydrogens (tertiary/aromatic N) is 1. The molecule has 1 aliphatic heterocycles. The summed E-state index contributed by atoms with van der Waals surface area (Å²) >= 11 is 0. The standard InChI is InChI=1S/C19H18F6N2O2.2ClH/c20-18(21,22)28-15-5-1-13(2-6-15)17(27-11-9-26-10-12-27)14-3-7-16(8-4-14)29-19(23,24)25;;/h1-8,17,26H,9-12H2;2*1H. The Morgan fingerprint density at radius 2 is 1.03 bits per heavy atom. The van der Waals surface area contributed by atoms with Crippen LogP contribution in [0.15, 0.2) is 48.5 Å². The Kier molecular flexibility index (Phi) is 9.74. The van der Waals surface area contributed by atoms with E-state index in [1.807, 2.05) is 0 Å². The van der Waals surface area contributed by atoms with Crippen LogP contribution in [0.1, 0.15) is 17.2 Å². The maximum Gasteiger partial charge on any atom is 0.573 e. The van der Waals surface area contributed by atoms with Crippen molar-refractivity contribution in [2.24, 2.45) is 0 Å². The second-order valence-corrected chi connectivity index (χ2v) is 6.42. The fraction of sp³-hybridized carbons (Fsp3) is 0.368. The first-order valence-corrected chi connectivity index (χ1v) is 8.77. The number of hydrogen-bond acceptors (Lipinski definition) is 4. The lowest BCUT2D eigenvalue weighted by atomic mass is 9.96. The van der Waals surface area contributed by atoms with Gasteiger partial charge in [0.25, 0.3) is 0 Å². The minimum Gasteiger partial charge on any atom is -0.406 e. The van der Waals surface area contributed by atoms with Crippen LogP contribution in [0.3, 0.4) is 0 Å². The first-order chi connectivity index (χ1) is 13.6. The van der Waals surface area contributed by atoms with E-state index in [2.05, 4.69) is 19.7 Å². The highest BCUT2D eigenvalue weighted by atomic mass is 35.5. The third-order valence-corrected chi connectivity index (χ3v) is 4.38. The van der Waals surface area contributed by atoms with Gasteiger partial charge in [0.05, 0.1) is 6.04 Å². The Balaban J connectivity index is 0.00000240. The second kappa shape index (κ2) is 11.1. The number of ether oxygens (including phenoxy) is 2. The Morgan fingerprint density at radius 1 is 0.677 bits per heavy atom. The van der Waals surface area contributed by atoms with E-state index in [1.165, 1.54) is 48.5 Å². The van der Waals surface area contributed by atoms with E-state index < -0.39 is 12.7 Å². The van der Waals surface area contributed by atoms with Gasteiger partial charge in [-0.3, -0.25) is 4.90 Å². The van der Waals surface area contributed by atoms with E-state index in [0.29, 0.717) is 24.2 Å². The first kappa shape index (κ1) is 27.2. The molecule has 0 amide bonds. The van der Waals surface area contributed by atoms with Gasteiger partial charge in [-0.25, -0.2) is 0 Å². The maximum atomic E-state index is 12.4. The Morgan fingerprint density at radius 3 is 1.35 bits per heavy atom. The molecule has 31 heavy (non-hydrogen) atoms. The van der Waals surface area contributed by atoms with E-state index in [1.54, 1.807) is 0 Å². The molecule has 1 fully saturated rings. The van der Waals surface area contributed by atoms with Gasteiger partial charge in [-0.1, -0.05) is 24.3 Å². The smallest absolute Gasteiger partial charge is 0.406 e. The lowest BCUT2D eigenvalue weighted by Crippen LogP contribution is -2.45. The SMILES string of the molecule is Cl.Cl.FC(F)(F)Oc1ccc(C(c2ccc(OC(F)(F)F)cc2)N2CCNCC2)cc1. The Bertz CT molecular complexity index is 736. The molecule has 0 spiro atoms. The van der Waals surface area contributed by atoms with Crippen molar-refractivity contribution in [1.82, 2.24) is 10.2 Å². The van der Waals surface area contributed by atoms with Crippen LogP contribution in [0.4, 0.5) is 26.3 Å². The summed E-state index contributed by atoms with van der Waals surface area (Å²) in [6.45, 7) is 2.79. The molecule has 12 heteroatoms. The van der Waals surface area contributed by atoms with Crippen LogP contribution in [0, 0.1) is 0 Å². The molecule has 1 saturated heterocycles. The second-order valence-electron chi connectivity index (χ2n) is 6.42. The first-order valence-electron chi connectivity index (χ1n) is 8.77. The topological polar surface area (TPSA) is 33.7 Å². The van der Waals surface area contributed by atoms with Crippen LogP contribution in [-0.4, -0.2) is 43.8 Å². The van der Waals surface area contributed by atoms with E-state index in [0.717, 1.165) is 13.1 Å². The zero-order chi connectivity index (χ0) is 21.1. The van der Waals surface area contributed by atoms with Crippen molar-refractivity contribution in [1.29, 1.82) is 0 Å². The zero-order valence-corrected chi connectivity index (χ0v) is 17.5. The van der Waals surface area contributed by atoms with Gasteiger partial charge >= 0.3 is 12.7 Å². The summed E-state index contributed by atoms with van der Waals surface area (Å²) in [4.78, 5) is 2.11. The molecule has 0 radical (unpaired) electrons. The van der Waals surface area contributed by atoms with Crippen molar-refractivity contribution in [2.75, 3.05) is 26.2 Å². The third-order valence-electron chi connectivity index (χ3n) is 4.38. The van der Waals surface area contributed by atoms with Crippen molar-refractivity contribution in [3.05, 3.63) is 59.7 Å². The number of halogens is 8. The molecule has 1 heterocycles. The van der Waals surface area contributed by atoms with Gasteiger partial charge in [0, 0.05) is 26.2 Å². The van der Waals surface area contributed by atoms with Crippen LogP contribution >= 0.6 is 24.8 Å². The van der Waals surface area contributed by atoms with Crippen LogP contribution in [0.5, 0.6) is 11.5 Å². The van der Waals surface area contributed by atoms with Gasteiger partial charge in [-0.15, -0.1) is 51.2 Å². The van der Waals surface area contributed by atoms with Crippen molar-refractivity contribution in [3.63, 3.8) is 0 Å². The molecular weight excluding hydrogens is 473 g/mol. The van der Waals surface area contributed by atoms with Crippen LogP contribution < -0.4 is 14.8 Å². The molecule has 1 aliphatic rings. The molecule has 2 aromatic rings. The molecule has 2 aromatic carbocycles. The lowest BCUT2D eigenvalue weighted by molar-refractivity contribution is -0.275. The van der Waals surface area contributed by atoms with Crippen molar-refractivity contribution in [3.8, 4) is 11.5 Å².